The smallest absolute Gasteiger partial charge is 0.249 e. The van der Waals surface area contributed by atoms with E-state index in [0.717, 1.165) is 40.2 Å². The molecule has 1 fully saturated rings. The number of piperazine rings is 1. The molecule has 0 radical (unpaired) electrons. The minimum atomic E-state index is -4.35. The quantitative estimate of drug-likeness (QED) is 0.579. The maximum absolute atomic E-state index is 14.0. The zero-order chi connectivity index (χ0) is 24.5. The molecular formula is C24H26F2N2O5S. The molecule has 0 spiro atoms. The van der Waals surface area contributed by atoms with Crippen LogP contribution < -0.4 is 9.47 Å². The number of hydrogen-bond acceptors (Lipinski definition) is 5. The molecule has 2 heterocycles. The summed E-state index contributed by atoms with van der Waals surface area (Å²) >= 11 is 0. The van der Waals surface area contributed by atoms with Crippen molar-refractivity contribution >= 4 is 22.0 Å². The van der Waals surface area contributed by atoms with E-state index in [1.54, 1.807) is 6.08 Å². The lowest BCUT2D eigenvalue weighted by Gasteiger charge is -2.33. The number of hydrogen-bond donors (Lipinski definition) is 0. The summed E-state index contributed by atoms with van der Waals surface area (Å²) < 4.78 is 66.0. The first-order chi connectivity index (χ1) is 16.2. The van der Waals surface area contributed by atoms with Crippen molar-refractivity contribution in [2.24, 2.45) is 0 Å². The van der Waals surface area contributed by atoms with E-state index in [9.17, 15) is 22.0 Å². The Labute approximate surface area is 197 Å². The van der Waals surface area contributed by atoms with Gasteiger partial charge < -0.3 is 14.4 Å². The molecule has 2 aliphatic rings. The van der Waals surface area contributed by atoms with Crippen LogP contribution in [0.15, 0.2) is 41.3 Å². The summed E-state index contributed by atoms with van der Waals surface area (Å²) in [6.07, 6.45) is 3.93. The monoisotopic (exact) mass is 492 g/mol. The summed E-state index contributed by atoms with van der Waals surface area (Å²) in [5, 5.41) is 0. The minimum absolute atomic E-state index is 0.0650. The molecule has 2 aromatic rings. The predicted molar refractivity (Wildman–Crippen MR) is 122 cm³/mol. The van der Waals surface area contributed by atoms with Crippen molar-refractivity contribution in [3.63, 3.8) is 0 Å². The molecule has 1 atom stereocenters. The number of ether oxygens (including phenoxy) is 2. The summed E-state index contributed by atoms with van der Waals surface area (Å²) in [5.74, 6) is -1.15. The lowest BCUT2D eigenvalue weighted by Crippen LogP contribution is -2.50. The highest BCUT2D eigenvalue weighted by Gasteiger charge is 2.33. The zero-order valence-electron chi connectivity index (χ0n) is 19.0. The molecule has 2 aromatic carbocycles. The van der Waals surface area contributed by atoms with Gasteiger partial charge in [-0.3, -0.25) is 4.79 Å². The Hall–Kier alpha value is -2.98. The van der Waals surface area contributed by atoms with Crippen molar-refractivity contribution in [3.8, 4) is 11.5 Å². The van der Waals surface area contributed by atoms with Crippen LogP contribution in [0.1, 0.15) is 25.0 Å². The highest BCUT2D eigenvalue weighted by atomic mass is 32.2. The number of carbonyl (C=O) groups is 1. The van der Waals surface area contributed by atoms with Gasteiger partial charge in [-0.1, -0.05) is 6.07 Å². The van der Waals surface area contributed by atoms with E-state index in [0.29, 0.717) is 17.9 Å². The molecule has 182 valence electrons. The average Bonchev–Trinajstić information content (AvgIpc) is 3.16. The maximum Gasteiger partial charge on any atom is 0.249 e. The Bertz CT molecular complexity index is 1200. The van der Waals surface area contributed by atoms with Gasteiger partial charge in [0.15, 0.2) is 4.90 Å². The first kappa shape index (κ1) is 24.2. The lowest BCUT2D eigenvalue weighted by atomic mass is 10.1. The topological polar surface area (TPSA) is 76.2 Å². The van der Waals surface area contributed by atoms with Crippen molar-refractivity contribution in [1.82, 2.24) is 9.21 Å². The molecule has 10 heteroatoms. The Kier molecular flexibility index (Phi) is 6.90. The van der Waals surface area contributed by atoms with Crippen molar-refractivity contribution in [3.05, 3.63) is 59.2 Å². The Morgan fingerprint density at radius 3 is 2.50 bits per heavy atom. The van der Waals surface area contributed by atoms with Crippen LogP contribution >= 0.6 is 0 Å². The van der Waals surface area contributed by atoms with Crippen LogP contribution in [0.4, 0.5) is 8.78 Å². The third-order valence-corrected chi connectivity index (χ3v) is 7.75. The summed E-state index contributed by atoms with van der Waals surface area (Å²) in [6.45, 7) is 4.41. The predicted octanol–water partition coefficient (Wildman–Crippen LogP) is 3.23. The number of halogens is 2. The SMILES string of the molecule is CCOc1cc2c(cc1/C=C/C(=O)N1CCN(S(=O)(=O)c3c(F)cccc3F)CC1)OC(C)C2. The van der Waals surface area contributed by atoms with E-state index in [1.165, 1.54) is 11.0 Å². The Morgan fingerprint density at radius 1 is 1.18 bits per heavy atom. The van der Waals surface area contributed by atoms with Gasteiger partial charge in [0.05, 0.1) is 6.61 Å². The van der Waals surface area contributed by atoms with Gasteiger partial charge in [-0.05, 0) is 44.2 Å². The molecule has 7 nitrogen and oxygen atoms in total. The van der Waals surface area contributed by atoms with Crippen molar-refractivity contribution in [2.45, 2.75) is 31.3 Å². The second kappa shape index (κ2) is 9.71. The van der Waals surface area contributed by atoms with Gasteiger partial charge in [0.2, 0.25) is 15.9 Å². The van der Waals surface area contributed by atoms with Gasteiger partial charge in [-0.15, -0.1) is 0 Å². The summed E-state index contributed by atoms with van der Waals surface area (Å²) in [6, 6.07) is 6.69. The number of sulfonamides is 1. The normalized spacial score (nSPS) is 18.7. The van der Waals surface area contributed by atoms with E-state index in [2.05, 4.69) is 0 Å². The number of rotatable bonds is 6. The molecule has 34 heavy (non-hydrogen) atoms. The van der Waals surface area contributed by atoms with Crippen molar-refractivity contribution in [2.75, 3.05) is 32.8 Å². The van der Waals surface area contributed by atoms with E-state index in [1.807, 2.05) is 26.0 Å². The highest BCUT2D eigenvalue weighted by Crippen LogP contribution is 2.35. The van der Waals surface area contributed by atoms with E-state index in [-0.39, 0.29) is 38.2 Å². The van der Waals surface area contributed by atoms with Crippen LogP contribution in [0.3, 0.4) is 0 Å². The average molecular weight is 493 g/mol. The molecule has 1 amide bonds. The van der Waals surface area contributed by atoms with Gasteiger partial charge in [-0.2, -0.15) is 4.31 Å². The first-order valence-corrected chi connectivity index (χ1v) is 12.5. The number of nitrogens with zero attached hydrogens (tertiary/aromatic N) is 2. The fourth-order valence-corrected chi connectivity index (χ4v) is 5.67. The molecule has 2 aliphatic heterocycles. The Balaban J connectivity index is 1.44. The minimum Gasteiger partial charge on any atom is -0.493 e. The van der Waals surface area contributed by atoms with Crippen LogP contribution in [0, 0.1) is 11.6 Å². The Morgan fingerprint density at radius 2 is 1.85 bits per heavy atom. The molecule has 0 bridgehead atoms. The highest BCUT2D eigenvalue weighted by molar-refractivity contribution is 7.89. The number of fused-ring (bicyclic) bond motifs is 1. The summed E-state index contributed by atoms with van der Waals surface area (Å²) in [5.41, 5.74) is 1.77. The fraction of sp³-hybridized carbons (Fsp3) is 0.375. The molecular weight excluding hydrogens is 466 g/mol. The van der Waals surface area contributed by atoms with Crippen molar-refractivity contribution < 1.29 is 31.5 Å². The number of benzene rings is 2. The second-order valence-electron chi connectivity index (χ2n) is 8.18. The standard InChI is InChI=1S/C24H26F2N2O5S/c1-3-32-21-15-18-13-16(2)33-22(18)14-17(21)7-8-23(29)27-9-11-28(12-10-27)34(30,31)24-19(25)5-4-6-20(24)26/h4-8,14-16H,3,9-13H2,1-2H3/b8-7+. The number of amides is 1. The fourth-order valence-electron chi connectivity index (χ4n) is 4.14. The zero-order valence-corrected chi connectivity index (χ0v) is 19.8. The van der Waals surface area contributed by atoms with Gasteiger partial charge in [0.25, 0.3) is 0 Å². The third-order valence-electron chi connectivity index (χ3n) is 5.80. The molecule has 1 unspecified atom stereocenters. The summed E-state index contributed by atoms with van der Waals surface area (Å²) in [4.78, 5) is 13.3. The van der Waals surface area contributed by atoms with E-state index >= 15 is 0 Å². The molecule has 0 aromatic heterocycles. The van der Waals surface area contributed by atoms with Crippen molar-refractivity contribution in [1.29, 1.82) is 0 Å². The molecule has 1 saturated heterocycles. The molecule has 4 rings (SSSR count). The summed E-state index contributed by atoms with van der Waals surface area (Å²) in [7, 11) is -4.35. The van der Waals surface area contributed by atoms with Crippen LogP contribution in [0.25, 0.3) is 6.08 Å². The second-order valence-corrected chi connectivity index (χ2v) is 10.1. The van der Waals surface area contributed by atoms with Crippen LogP contribution in [-0.4, -0.2) is 62.4 Å². The molecule has 0 saturated carbocycles. The number of carbonyl (C=O) groups excluding carboxylic acids is 1. The van der Waals surface area contributed by atoms with Gasteiger partial charge in [-0.25, -0.2) is 17.2 Å². The van der Waals surface area contributed by atoms with Gasteiger partial charge in [0, 0.05) is 49.8 Å². The molecule has 0 N–H and O–H groups in total. The van der Waals surface area contributed by atoms with E-state index in [4.69, 9.17) is 9.47 Å². The maximum atomic E-state index is 14.0. The lowest BCUT2D eigenvalue weighted by molar-refractivity contribution is -0.127. The van der Waals surface area contributed by atoms with Crippen LogP contribution in [0.2, 0.25) is 0 Å². The van der Waals surface area contributed by atoms with Crippen LogP contribution in [-0.2, 0) is 21.2 Å². The van der Waals surface area contributed by atoms with E-state index < -0.39 is 26.6 Å². The largest absolute Gasteiger partial charge is 0.493 e. The third kappa shape index (κ3) is 4.78. The van der Waals surface area contributed by atoms with Gasteiger partial charge >= 0.3 is 0 Å². The van der Waals surface area contributed by atoms with Gasteiger partial charge in [0.1, 0.15) is 29.2 Å². The first-order valence-electron chi connectivity index (χ1n) is 11.1. The molecule has 0 aliphatic carbocycles. The van der Waals surface area contributed by atoms with Crippen LogP contribution in [0.5, 0.6) is 11.5 Å².